The zero-order chi connectivity index (χ0) is 15.3. The van der Waals surface area contributed by atoms with E-state index in [4.69, 9.17) is 9.47 Å². The van der Waals surface area contributed by atoms with E-state index < -0.39 is 0 Å². The molecule has 1 aromatic rings. The average Bonchev–Trinajstić information content (AvgIpc) is 2.44. The molecule has 1 aliphatic heterocycles. The average molecular weight is 292 g/mol. The second-order valence-electron chi connectivity index (χ2n) is 6.31. The third-order valence-electron chi connectivity index (χ3n) is 3.92. The lowest BCUT2D eigenvalue weighted by atomic mass is 10.0. The first-order chi connectivity index (χ1) is 10.0. The zero-order valence-electron chi connectivity index (χ0n) is 13.7. The molecule has 0 amide bonds. The molecule has 0 aliphatic carbocycles. The second-order valence-corrected chi connectivity index (χ2v) is 6.31. The lowest BCUT2D eigenvalue weighted by molar-refractivity contribution is -0.0276. The Kier molecular flexibility index (Phi) is 5.62. The molecule has 1 aliphatic rings. The van der Waals surface area contributed by atoms with Gasteiger partial charge in [0.25, 0.3) is 0 Å². The van der Waals surface area contributed by atoms with Crippen LogP contribution in [-0.2, 0) is 16.0 Å². The number of benzene rings is 1. The van der Waals surface area contributed by atoms with Crippen LogP contribution in [0.15, 0.2) is 18.2 Å². The molecular weight excluding hydrogens is 264 g/mol. The maximum absolute atomic E-state index is 5.78. The fourth-order valence-electron chi connectivity index (χ4n) is 2.71. The van der Waals surface area contributed by atoms with Crippen LogP contribution in [0.1, 0.15) is 25.0 Å². The van der Waals surface area contributed by atoms with E-state index in [1.807, 2.05) is 0 Å². The molecule has 1 heterocycles. The van der Waals surface area contributed by atoms with E-state index in [9.17, 15) is 0 Å². The van der Waals surface area contributed by atoms with E-state index in [0.29, 0.717) is 0 Å². The number of nitrogens with zero attached hydrogens (tertiary/aromatic N) is 1. The molecule has 2 rings (SSSR count). The first-order valence-electron chi connectivity index (χ1n) is 7.70. The Morgan fingerprint density at radius 2 is 2.19 bits per heavy atom. The van der Waals surface area contributed by atoms with Gasteiger partial charge in [0, 0.05) is 39.0 Å². The van der Waals surface area contributed by atoms with Crippen LogP contribution in [0, 0.1) is 6.92 Å². The van der Waals surface area contributed by atoms with Gasteiger partial charge in [0.15, 0.2) is 0 Å². The van der Waals surface area contributed by atoms with Crippen molar-refractivity contribution in [1.29, 1.82) is 0 Å². The smallest absolute Gasteiger partial charge is 0.0801 e. The number of rotatable bonds is 6. The molecule has 1 aromatic carbocycles. The van der Waals surface area contributed by atoms with E-state index in [-0.39, 0.29) is 5.60 Å². The number of hydrogen-bond acceptors (Lipinski definition) is 4. The van der Waals surface area contributed by atoms with Crippen LogP contribution in [-0.4, -0.2) is 45.6 Å². The molecule has 0 aromatic heterocycles. The highest BCUT2D eigenvalue weighted by Crippen LogP contribution is 2.25. The predicted octanol–water partition coefficient (Wildman–Crippen LogP) is 2.35. The van der Waals surface area contributed by atoms with Crippen LogP contribution in [0.3, 0.4) is 0 Å². The highest BCUT2D eigenvalue weighted by atomic mass is 16.5. The maximum atomic E-state index is 5.78. The lowest BCUT2D eigenvalue weighted by Gasteiger charge is -2.39. The second kappa shape index (κ2) is 7.25. The molecule has 1 N–H and O–H groups in total. The predicted molar refractivity (Wildman–Crippen MR) is 87.0 cm³/mol. The van der Waals surface area contributed by atoms with Gasteiger partial charge in [-0.1, -0.05) is 6.07 Å². The maximum Gasteiger partial charge on any atom is 0.0801 e. The van der Waals surface area contributed by atoms with Crippen molar-refractivity contribution in [2.45, 2.75) is 32.9 Å². The monoisotopic (exact) mass is 292 g/mol. The molecule has 1 fully saturated rings. The van der Waals surface area contributed by atoms with Gasteiger partial charge < -0.3 is 19.7 Å². The molecular formula is C17H28N2O2. The van der Waals surface area contributed by atoms with Gasteiger partial charge in [0.05, 0.1) is 18.8 Å². The van der Waals surface area contributed by atoms with Crippen LogP contribution in [0.2, 0.25) is 0 Å². The fourth-order valence-corrected chi connectivity index (χ4v) is 2.71. The Morgan fingerprint density at radius 1 is 1.38 bits per heavy atom. The summed E-state index contributed by atoms with van der Waals surface area (Å²) in [5.41, 5.74) is 3.92. The summed E-state index contributed by atoms with van der Waals surface area (Å²) in [6.45, 7) is 11.7. The van der Waals surface area contributed by atoms with E-state index >= 15 is 0 Å². The van der Waals surface area contributed by atoms with E-state index in [2.05, 4.69) is 49.2 Å². The molecule has 118 valence electrons. The van der Waals surface area contributed by atoms with Gasteiger partial charge in [0.2, 0.25) is 0 Å². The summed E-state index contributed by atoms with van der Waals surface area (Å²) >= 11 is 0. The number of methoxy groups -OCH3 is 1. The molecule has 0 bridgehead atoms. The Morgan fingerprint density at radius 3 is 2.86 bits per heavy atom. The summed E-state index contributed by atoms with van der Waals surface area (Å²) in [5.74, 6) is 0. The van der Waals surface area contributed by atoms with Crippen LogP contribution in [0.5, 0.6) is 0 Å². The number of aryl methyl sites for hydroxylation is 1. The van der Waals surface area contributed by atoms with Gasteiger partial charge in [-0.2, -0.15) is 0 Å². The van der Waals surface area contributed by atoms with E-state index in [1.54, 1.807) is 7.11 Å². The topological polar surface area (TPSA) is 33.7 Å². The summed E-state index contributed by atoms with van der Waals surface area (Å²) in [4.78, 5) is 2.42. The minimum Gasteiger partial charge on any atom is -0.383 e. The molecule has 4 nitrogen and oxygen atoms in total. The SMILES string of the molecule is COCCNCc1ccc(N2CCOC(C)(C)C2)cc1C. The number of hydrogen-bond donors (Lipinski definition) is 1. The third kappa shape index (κ3) is 4.70. The van der Waals surface area contributed by atoms with Crippen LogP contribution < -0.4 is 10.2 Å². The number of nitrogens with one attached hydrogen (secondary N) is 1. The van der Waals surface area contributed by atoms with E-state index in [0.717, 1.165) is 39.4 Å². The van der Waals surface area contributed by atoms with Crippen molar-refractivity contribution in [1.82, 2.24) is 5.32 Å². The Labute approximate surface area is 128 Å². The van der Waals surface area contributed by atoms with Gasteiger partial charge in [0.1, 0.15) is 0 Å². The molecule has 0 saturated carbocycles. The summed E-state index contributed by atoms with van der Waals surface area (Å²) in [5, 5.41) is 3.40. The first kappa shape index (κ1) is 16.3. The number of morpholine rings is 1. The van der Waals surface area contributed by atoms with Crippen molar-refractivity contribution >= 4 is 5.69 Å². The van der Waals surface area contributed by atoms with Crippen molar-refractivity contribution in [3.05, 3.63) is 29.3 Å². The van der Waals surface area contributed by atoms with Crippen molar-refractivity contribution in [2.24, 2.45) is 0 Å². The molecule has 4 heteroatoms. The van der Waals surface area contributed by atoms with Crippen molar-refractivity contribution < 1.29 is 9.47 Å². The minimum absolute atomic E-state index is 0.0630. The summed E-state index contributed by atoms with van der Waals surface area (Å²) in [6.07, 6.45) is 0. The number of anilines is 1. The molecule has 0 atom stereocenters. The Bertz CT molecular complexity index is 460. The van der Waals surface area contributed by atoms with Crippen molar-refractivity contribution in [3.63, 3.8) is 0 Å². The quantitative estimate of drug-likeness (QED) is 0.816. The zero-order valence-corrected chi connectivity index (χ0v) is 13.7. The highest BCUT2D eigenvalue weighted by Gasteiger charge is 2.27. The normalized spacial score (nSPS) is 18.0. The van der Waals surface area contributed by atoms with Gasteiger partial charge in [-0.15, -0.1) is 0 Å². The summed E-state index contributed by atoms with van der Waals surface area (Å²) in [7, 11) is 1.73. The molecule has 1 saturated heterocycles. The summed E-state index contributed by atoms with van der Waals surface area (Å²) in [6, 6.07) is 6.74. The molecule has 21 heavy (non-hydrogen) atoms. The van der Waals surface area contributed by atoms with E-state index in [1.165, 1.54) is 16.8 Å². The van der Waals surface area contributed by atoms with Crippen molar-refractivity contribution in [2.75, 3.05) is 44.9 Å². The lowest BCUT2D eigenvalue weighted by Crippen LogP contribution is -2.48. The highest BCUT2D eigenvalue weighted by molar-refractivity contribution is 5.51. The summed E-state index contributed by atoms with van der Waals surface area (Å²) < 4.78 is 10.8. The van der Waals surface area contributed by atoms with Gasteiger partial charge in [-0.25, -0.2) is 0 Å². The number of ether oxygens (including phenoxy) is 2. The van der Waals surface area contributed by atoms with Crippen molar-refractivity contribution in [3.8, 4) is 0 Å². The molecule has 0 unspecified atom stereocenters. The minimum atomic E-state index is -0.0630. The van der Waals surface area contributed by atoms with Crippen LogP contribution in [0.4, 0.5) is 5.69 Å². The molecule has 0 spiro atoms. The first-order valence-corrected chi connectivity index (χ1v) is 7.70. The van der Waals surface area contributed by atoms with Gasteiger partial charge >= 0.3 is 0 Å². The fraction of sp³-hybridized carbons (Fsp3) is 0.647. The van der Waals surface area contributed by atoms with Gasteiger partial charge in [-0.05, 0) is 44.0 Å². The third-order valence-corrected chi connectivity index (χ3v) is 3.92. The van der Waals surface area contributed by atoms with Gasteiger partial charge in [-0.3, -0.25) is 0 Å². The largest absolute Gasteiger partial charge is 0.383 e. The van der Waals surface area contributed by atoms with Crippen LogP contribution in [0.25, 0.3) is 0 Å². The molecule has 0 radical (unpaired) electrons. The Hall–Kier alpha value is -1.10. The standard InChI is InChI=1S/C17H28N2O2/c1-14-11-16(19-8-10-21-17(2,3)13-19)6-5-15(14)12-18-7-9-20-4/h5-6,11,18H,7-10,12-13H2,1-4H3. The van der Waals surface area contributed by atoms with Crippen LogP contribution >= 0.6 is 0 Å². The Balaban J connectivity index is 1.98.